The van der Waals surface area contributed by atoms with Crippen LogP contribution >= 0.6 is 0 Å². The molecule has 15 aromatic rings. The van der Waals surface area contributed by atoms with Crippen LogP contribution in [-0.2, 0) is 0 Å². The Kier molecular flexibility index (Phi) is 9.48. The smallest absolute Gasteiger partial charge is 0.165 e. The highest BCUT2D eigenvalue weighted by molar-refractivity contribution is 6.25. The van der Waals surface area contributed by atoms with Crippen LogP contribution in [0.3, 0.4) is 0 Å². The van der Waals surface area contributed by atoms with Gasteiger partial charge in [-0.05, 0) is 95.1 Å². The first-order valence-corrected chi connectivity index (χ1v) is 26.7. The van der Waals surface area contributed by atoms with Crippen LogP contribution in [0, 0.1) is 0 Å². The minimum atomic E-state index is 0.714. The van der Waals surface area contributed by atoms with E-state index >= 15 is 0 Å². The number of nitrogens with zero attached hydrogens (tertiary/aromatic N) is 8. The van der Waals surface area contributed by atoms with Crippen molar-refractivity contribution < 1.29 is 9.47 Å². The molecule has 0 saturated carbocycles. The van der Waals surface area contributed by atoms with Crippen molar-refractivity contribution >= 4 is 94.6 Å². The topological polar surface area (TPSA) is 85.3 Å². The number of fused-ring (bicyclic) bond motifs is 11. The molecule has 374 valence electrons. The first-order valence-electron chi connectivity index (χ1n) is 26.7. The Balaban J connectivity index is 1.04. The Morgan fingerprint density at radius 1 is 0.362 bits per heavy atom. The molecule has 17 rings (SSSR count). The molecule has 0 aliphatic carbocycles. The van der Waals surface area contributed by atoms with Gasteiger partial charge in [0.25, 0.3) is 0 Å². The number of anilines is 6. The normalized spacial score (nSPS) is 12.7. The predicted molar refractivity (Wildman–Crippen MR) is 320 cm³/mol. The Morgan fingerprint density at radius 2 is 0.838 bits per heavy atom. The average Bonchev–Trinajstić information content (AvgIpc) is 4.23. The van der Waals surface area contributed by atoms with Gasteiger partial charge in [-0.3, -0.25) is 13.8 Å². The molecule has 10 heteroatoms. The van der Waals surface area contributed by atoms with E-state index in [1.807, 2.05) is 72.9 Å². The SMILES string of the molecule is c1ccc(-c2cnc3c(n2)c2cccc4c5ccc(-c6ccccc6)c6c7nccnc7n(c(=C(c7ccc(N8c9ccccc9Oc9ccccc98)cc7)c7ccc(N8c9ccccc9Oc9ccccc98)cc7)n3c42)c56)cc1. The second kappa shape index (κ2) is 17.2. The Hall–Kier alpha value is -11.1. The monoisotopic (exact) mass is 1030 g/mol. The van der Waals surface area contributed by atoms with Gasteiger partial charge in [0.1, 0.15) is 16.5 Å². The summed E-state index contributed by atoms with van der Waals surface area (Å²) in [4.78, 5) is 26.1. The van der Waals surface area contributed by atoms with Gasteiger partial charge in [0.15, 0.2) is 34.3 Å². The summed E-state index contributed by atoms with van der Waals surface area (Å²) < 4.78 is 17.7. The van der Waals surface area contributed by atoms with E-state index in [1.165, 1.54) is 0 Å². The quantitative estimate of drug-likeness (QED) is 0.163. The van der Waals surface area contributed by atoms with Gasteiger partial charge in [-0.1, -0.05) is 164 Å². The van der Waals surface area contributed by atoms with E-state index in [2.05, 4.69) is 188 Å². The number of para-hydroxylation sites is 9. The third-order valence-corrected chi connectivity index (χ3v) is 15.8. The van der Waals surface area contributed by atoms with E-state index in [0.717, 1.165) is 145 Å². The Labute approximate surface area is 457 Å². The number of ether oxygens (including phenoxy) is 2. The molecule has 0 saturated heterocycles. The van der Waals surface area contributed by atoms with Crippen molar-refractivity contribution in [1.82, 2.24) is 28.7 Å². The van der Waals surface area contributed by atoms with Crippen LogP contribution in [0.5, 0.6) is 23.0 Å². The van der Waals surface area contributed by atoms with Crippen molar-refractivity contribution in [3.05, 3.63) is 272 Å². The maximum Gasteiger partial charge on any atom is 0.165 e. The van der Waals surface area contributed by atoms with Crippen molar-refractivity contribution in [2.75, 3.05) is 9.80 Å². The second-order valence-corrected chi connectivity index (χ2v) is 20.2. The standard InChI is InChI=1S/C70H42N8O2/c1-3-16-43(17-4-1)49-38-39-51-50-20-15-21-52-64-68(73-42-53(74-64)44-18-5-2-6-19-44)77(66(50)52)70(78-67(51)63(49)65-69(78)72-41-40-71-65)62(45-30-34-47(35-31-45)75-54-22-7-11-26-58(54)79-59-27-12-8-23-55(59)75)46-32-36-48(37-33-46)76-56-24-9-13-28-60(56)80-61-29-14-10-25-57(61)76/h1-42H. The van der Waals surface area contributed by atoms with Crippen LogP contribution in [-0.4, -0.2) is 28.7 Å². The maximum atomic E-state index is 6.48. The van der Waals surface area contributed by atoms with Crippen LogP contribution in [0.25, 0.3) is 82.9 Å². The lowest BCUT2D eigenvalue weighted by atomic mass is 9.97. The third kappa shape index (κ3) is 6.47. The molecular weight excluding hydrogens is 985 g/mol. The summed E-state index contributed by atoms with van der Waals surface area (Å²) in [6.45, 7) is 0. The largest absolute Gasteiger partial charge is 0.453 e. The van der Waals surface area contributed by atoms with E-state index < -0.39 is 0 Å². The zero-order valence-corrected chi connectivity index (χ0v) is 42.6. The van der Waals surface area contributed by atoms with Gasteiger partial charge < -0.3 is 19.3 Å². The number of rotatable bonds is 6. The highest BCUT2D eigenvalue weighted by atomic mass is 16.5. The Bertz CT molecular complexity index is 4840. The number of hydrogen-bond donors (Lipinski definition) is 0. The second-order valence-electron chi connectivity index (χ2n) is 20.2. The number of hydrogen-bond acceptors (Lipinski definition) is 8. The van der Waals surface area contributed by atoms with E-state index in [-0.39, 0.29) is 0 Å². The molecule has 5 aromatic heterocycles. The average molecular weight is 1030 g/mol. The minimum absolute atomic E-state index is 0.714. The molecule has 0 unspecified atom stereocenters. The van der Waals surface area contributed by atoms with Crippen molar-refractivity contribution in [3.63, 3.8) is 0 Å². The van der Waals surface area contributed by atoms with Crippen LogP contribution < -0.4 is 24.8 Å². The van der Waals surface area contributed by atoms with Crippen molar-refractivity contribution in [3.8, 4) is 45.4 Å². The molecular formula is C70H42N8O2. The summed E-state index contributed by atoms with van der Waals surface area (Å²) in [6.07, 6.45) is 5.51. The van der Waals surface area contributed by atoms with E-state index in [9.17, 15) is 0 Å². The lowest BCUT2D eigenvalue weighted by Gasteiger charge is -2.33. The zero-order chi connectivity index (χ0) is 52.4. The fourth-order valence-electron chi connectivity index (χ4n) is 12.4. The summed E-state index contributed by atoms with van der Waals surface area (Å²) in [7, 11) is 0. The van der Waals surface area contributed by atoms with Crippen LogP contribution in [0.4, 0.5) is 34.1 Å². The molecule has 0 atom stereocenters. The highest BCUT2D eigenvalue weighted by Crippen LogP contribution is 2.52. The van der Waals surface area contributed by atoms with E-state index in [1.54, 1.807) is 12.4 Å². The Morgan fingerprint density at radius 3 is 1.41 bits per heavy atom. The summed E-state index contributed by atoms with van der Waals surface area (Å²) in [5, 5.41) is 4.09. The molecule has 2 aliphatic rings. The van der Waals surface area contributed by atoms with Crippen molar-refractivity contribution in [1.29, 1.82) is 0 Å². The molecule has 2 aliphatic heterocycles. The summed E-state index contributed by atoms with van der Waals surface area (Å²) in [6, 6.07) is 82.7. The molecule has 0 fully saturated rings. The minimum Gasteiger partial charge on any atom is -0.453 e. The first kappa shape index (κ1) is 44.1. The van der Waals surface area contributed by atoms with Crippen LogP contribution in [0.15, 0.2) is 255 Å². The molecule has 0 bridgehead atoms. The molecule has 10 nitrogen and oxygen atoms in total. The lowest BCUT2D eigenvalue weighted by Crippen LogP contribution is -2.25. The first-order chi connectivity index (χ1) is 39.7. The predicted octanol–water partition coefficient (Wildman–Crippen LogP) is 16.8. The summed E-state index contributed by atoms with van der Waals surface area (Å²) in [5.74, 6) is 3.16. The number of aromatic nitrogens is 6. The molecule has 0 spiro atoms. The van der Waals surface area contributed by atoms with Crippen LogP contribution in [0.1, 0.15) is 11.1 Å². The van der Waals surface area contributed by atoms with Crippen molar-refractivity contribution in [2.45, 2.75) is 0 Å². The van der Waals surface area contributed by atoms with Gasteiger partial charge in [-0.2, -0.15) is 0 Å². The highest BCUT2D eigenvalue weighted by Gasteiger charge is 2.30. The van der Waals surface area contributed by atoms with Gasteiger partial charge in [0.05, 0.1) is 45.7 Å². The fourth-order valence-corrected chi connectivity index (χ4v) is 12.4. The van der Waals surface area contributed by atoms with Gasteiger partial charge in [0, 0.05) is 56.4 Å². The van der Waals surface area contributed by atoms with E-state index in [4.69, 9.17) is 29.4 Å². The van der Waals surface area contributed by atoms with Crippen LogP contribution in [0.2, 0.25) is 0 Å². The molecule has 0 radical (unpaired) electrons. The third-order valence-electron chi connectivity index (χ3n) is 15.8. The zero-order valence-electron chi connectivity index (χ0n) is 42.6. The number of benzene rings is 10. The molecule has 0 amide bonds. The van der Waals surface area contributed by atoms with Gasteiger partial charge in [-0.15, -0.1) is 0 Å². The van der Waals surface area contributed by atoms with Crippen molar-refractivity contribution in [2.24, 2.45) is 0 Å². The molecule has 10 aromatic carbocycles. The maximum absolute atomic E-state index is 6.48. The summed E-state index contributed by atoms with van der Waals surface area (Å²) >= 11 is 0. The molecule has 7 heterocycles. The fraction of sp³-hybridized carbons (Fsp3) is 0. The van der Waals surface area contributed by atoms with Gasteiger partial charge >= 0.3 is 0 Å². The molecule has 0 N–H and O–H groups in total. The van der Waals surface area contributed by atoms with Gasteiger partial charge in [0.2, 0.25) is 0 Å². The van der Waals surface area contributed by atoms with E-state index in [0.29, 0.717) is 11.3 Å². The summed E-state index contributed by atoms with van der Waals surface area (Å²) in [5.41, 5.74) is 18.5. The molecule has 80 heavy (non-hydrogen) atoms. The lowest BCUT2D eigenvalue weighted by molar-refractivity contribution is 0.477. The van der Waals surface area contributed by atoms with Gasteiger partial charge in [-0.25, -0.2) is 15.0 Å².